The molecule has 0 radical (unpaired) electrons. The molecule has 0 bridgehead atoms. The number of carboxylic acids is 1. The van der Waals surface area contributed by atoms with Crippen molar-refractivity contribution in [1.29, 1.82) is 0 Å². The number of benzene rings is 1. The summed E-state index contributed by atoms with van der Waals surface area (Å²) in [6.07, 6.45) is 0.468. The number of amides is 2. The molecule has 0 unspecified atom stereocenters. The second kappa shape index (κ2) is 6.36. The van der Waals surface area contributed by atoms with E-state index in [1.165, 1.54) is 39.8 Å². The van der Waals surface area contributed by atoms with Crippen molar-refractivity contribution in [3.63, 3.8) is 0 Å². The second-order valence-electron chi connectivity index (χ2n) is 5.30. The van der Waals surface area contributed by atoms with E-state index < -0.39 is 17.9 Å². The van der Waals surface area contributed by atoms with Crippen LogP contribution in [0.5, 0.6) is 0 Å². The van der Waals surface area contributed by atoms with Crippen molar-refractivity contribution in [1.82, 2.24) is 15.2 Å². The van der Waals surface area contributed by atoms with Crippen molar-refractivity contribution in [2.24, 2.45) is 0 Å². The molecule has 7 nitrogen and oxygen atoms in total. The summed E-state index contributed by atoms with van der Waals surface area (Å²) >= 11 is 4.21. The highest BCUT2D eigenvalue weighted by molar-refractivity contribution is 8.07. The van der Waals surface area contributed by atoms with Crippen LogP contribution in [0.3, 0.4) is 0 Å². The Morgan fingerprint density at radius 3 is 2.96 bits per heavy atom. The molecule has 4 rings (SSSR count). The summed E-state index contributed by atoms with van der Waals surface area (Å²) in [4.78, 5) is 40.9. The van der Waals surface area contributed by atoms with E-state index in [2.05, 4.69) is 10.3 Å². The van der Waals surface area contributed by atoms with Crippen LogP contribution >= 0.6 is 34.9 Å². The number of para-hydroxylation sites is 1. The molecule has 1 aromatic carbocycles. The van der Waals surface area contributed by atoms with E-state index in [4.69, 9.17) is 0 Å². The van der Waals surface area contributed by atoms with Crippen LogP contribution in [0.25, 0.3) is 10.2 Å². The SMILES string of the molecule is O=CN[C@@H]1C(=O)N2C(C(=O)O)=C(Sc3nc4ccccc4s3)CS[C@@H]12. The third-order valence-electron chi connectivity index (χ3n) is 3.87. The second-order valence-corrected chi connectivity index (χ2v) is 8.78. The Hall–Kier alpha value is -2.04. The fourth-order valence-electron chi connectivity index (χ4n) is 2.76. The average Bonchev–Trinajstić information content (AvgIpc) is 3.01. The van der Waals surface area contributed by atoms with E-state index in [0.29, 0.717) is 17.1 Å². The predicted molar refractivity (Wildman–Crippen MR) is 96.2 cm³/mol. The number of nitrogens with zero attached hydrogens (tertiary/aromatic N) is 2. The van der Waals surface area contributed by atoms with Gasteiger partial charge in [0.05, 0.1) is 10.2 Å². The Morgan fingerprint density at radius 2 is 2.24 bits per heavy atom. The number of carbonyl (C=O) groups excluding carboxylic acids is 2. The van der Waals surface area contributed by atoms with Gasteiger partial charge in [-0.05, 0) is 12.1 Å². The summed E-state index contributed by atoms with van der Waals surface area (Å²) in [7, 11) is 0. The summed E-state index contributed by atoms with van der Waals surface area (Å²) in [6.45, 7) is 0. The molecule has 2 N–H and O–H groups in total. The van der Waals surface area contributed by atoms with Crippen molar-refractivity contribution in [2.75, 3.05) is 5.75 Å². The third kappa shape index (κ3) is 2.70. The lowest BCUT2D eigenvalue weighted by atomic mass is 10.1. The Balaban J connectivity index is 1.66. The van der Waals surface area contributed by atoms with Gasteiger partial charge >= 0.3 is 5.97 Å². The minimum absolute atomic E-state index is 0.0121. The van der Waals surface area contributed by atoms with Gasteiger partial charge in [-0.2, -0.15) is 0 Å². The number of aliphatic carboxylic acids is 1. The first kappa shape index (κ1) is 16.4. The van der Waals surface area contributed by atoms with Gasteiger partial charge in [0.2, 0.25) is 6.41 Å². The Labute approximate surface area is 154 Å². The molecule has 0 aliphatic carbocycles. The molecule has 1 aromatic heterocycles. The van der Waals surface area contributed by atoms with Crippen LogP contribution in [-0.2, 0) is 14.4 Å². The molecule has 0 spiro atoms. The molecule has 1 saturated heterocycles. The Bertz CT molecular complexity index is 893. The van der Waals surface area contributed by atoms with Crippen LogP contribution in [0.15, 0.2) is 39.2 Å². The van der Waals surface area contributed by atoms with Crippen LogP contribution < -0.4 is 5.32 Å². The number of carbonyl (C=O) groups is 3. The molecule has 2 amide bonds. The molecule has 0 saturated carbocycles. The van der Waals surface area contributed by atoms with Gasteiger partial charge in [-0.3, -0.25) is 14.5 Å². The summed E-state index contributed by atoms with van der Waals surface area (Å²) in [5.74, 6) is -1.09. The van der Waals surface area contributed by atoms with Crippen LogP contribution in [0.4, 0.5) is 0 Å². The fraction of sp³-hybridized carbons (Fsp3) is 0.200. The maximum Gasteiger partial charge on any atom is 0.353 e. The Kier molecular flexibility index (Phi) is 4.18. The highest BCUT2D eigenvalue weighted by Crippen LogP contribution is 2.46. The highest BCUT2D eigenvalue weighted by atomic mass is 32.2. The van der Waals surface area contributed by atoms with Gasteiger partial charge in [-0.1, -0.05) is 23.9 Å². The standard InChI is InChI=1S/C15H11N3O4S3/c19-6-16-10-12(20)18-11(14(21)22)9(5-23-13(10)18)25-15-17-7-3-1-2-4-8(7)24-15/h1-4,6,10,13H,5H2,(H,16,19)(H,21,22)/t10-,13+/m1/s1. The molecule has 3 heterocycles. The lowest BCUT2D eigenvalue weighted by Crippen LogP contribution is -2.69. The topological polar surface area (TPSA) is 99.6 Å². The zero-order valence-corrected chi connectivity index (χ0v) is 15.0. The largest absolute Gasteiger partial charge is 0.477 e. The molecule has 2 aliphatic rings. The number of β-lactam (4-membered cyclic amide) rings is 1. The molecule has 10 heteroatoms. The molecular formula is C15H11N3O4S3. The number of rotatable bonds is 5. The first-order chi connectivity index (χ1) is 12.1. The van der Waals surface area contributed by atoms with E-state index in [1.807, 2.05) is 24.3 Å². The summed E-state index contributed by atoms with van der Waals surface area (Å²) in [5, 5.41) is 11.7. The van der Waals surface area contributed by atoms with Crippen LogP contribution in [0.1, 0.15) is 0 Å². The lowest BCUT2D eigenvalue weighted by Gasteiger charge is -2.48. The van der Waals surface area contributed by atoms with Gasteiger partial charge in [0.15, 0.2) is 4.34 Å². The zero-order chi connectivity index (χ0) is 17.6. The molecule has 128 valence electrons. The lowest BCUT2D eigenvalue weighted by molar-refractivity contribution is -0.149. The maximum absolute atomic E-state index is 12.2. The number of thioether (sulfide) groups is 2. The third-order valence-corrected chi connectivity index (χ3v) is 7.51. The van der Waals surface area contributed by atoms with E-state index in [1.54, 1.807) is 0 Å². The van der Waals surface area contributed by atoms with Gasteiger partial charge in [-0.25, -0.2) is 9.78 Å². The predicted octanol–water partition coefficient (Wildman–Crippen LogP) is 1.71. The van der Waals surface area contributed by atoms with E-state index in [9.17, 15) is 19.5 Å². The summed E-state index contributed by atoms with van der Waals surface area (Å²) in [6, 6.07) is 7.03. The van der Waals surface area contributed by atoms with Gasteiger partial charge in [0, 0.05) is 10.7 Å². The van der Waals surface area contributed by atoms with Crippen molar-refractivity contribution in [3.8, 4) is 0 Å². The monoisotopic (exact) mass is 393 g/mol. The van der Waals surface area contributed by atoms with Gasteiger partial charge in [0.25, 0.3) is 5.91 Å². The average molecular weight is 393 g/mol. The first-order valence-electron chi connectivity index (χ1n) is 7.24. The number of aromatic nitrogens is 1. The van der Waals surface area contributed by atoms with Crippen molar-refractivity contribution in [3.05, 3.63) is 34.9 Å². The van der Waals surface area contributed by atoms with Crippen molar-refractivity contribution in [2.45, 2.75) is 15.8 Å². The van der Waals surface area contributed by atoms with E-state index in [0.717, 1.165) is 14.6 Å². The van der Waals surface area contributed by atoms with Crippen molar-refractivity contribution < 1.29 is 19.5 Å². The van der Waals surface area contributed by atoms with Gasteiger partial charge in [-0.15, -0.1) is 23.1 Å². The summed E-state index contributed by atoms with van der Waals surface area (Å²) in [5.41, 5.74) is 0.853. The number of nitrogens with one attached hydrogen (secondary N) is 1. The first-order valence-corrected chi connectivity index (χ1v) is 9.92. The molecule has 2 aliphatic heterocycles. The highest BCUT2D eigenvalue weighted by Gasteiger charge is 2.53. The van der Waals surface area contributed by atoms with Crippen LogP contribution in [0.2, 0.25) is 0 Å². The maximum atomic E-state index is 12.2. The van der Waals surface area contributed by atoms with Gasteiger partial charge < -0.3 is 10.4 Å². The molecule has 2 atom stereocenters. The van der Waals surface area contributed by atoms with Gasteiger partial charge in [0.1, 0.15) is 17.1 Å². The number of hydrogen-bond acceptors (Lipinski definition) is 7. The number of fused-ring (bicyclic) bond motifs is 2. The minimum Gasteiger partial charge on any atom is -0.477 e. The number of hydrogen-bond donors (Lipinski definition) is 2. The molecule has 25 heavy (non-hydrogen) atoms. The fourth-order valence-corrected chi connectivity index (χ4v) is 6.48. The number of carboxylic acid groups (broad SMARTS) is 1. The molecular weight excluding hydrogens is 382 g/mol. The van der Waals surface area contributed by atoms with E-state index >= 15 is 0 Å². The Morgan fingerprint density at radius 1 is 1.44 bits per heavy atom. The van der Waals surface area contributed by atoms with Crippen LogP contribution in [0, 0.1) is 0 Å². The van der Waals surface area contributed by atoms with Crippen molar-refractivity contribution >= 4 is 63.4 Å². The quantitative estimate of drug-likeness (QED) is 0.589. The smallest absolute Gasteiger partial charge is 0.353 e. The molecule has 1 fully saturated rings. The molecule has 2 aromatic rings. The zero-order valence-electron chi connectivity index (χ0n) is 12.5. The minimum atomic E-state index is -1.15. The van der Waals surface area contributed by atoms with Crippen LogP contribution in [-0.4, -0.2) is 50.4 Å². The summed E-state index contributed by atoms with van der Waals surface area (Å²) < 4.78 is 1.77. The normalized spacial score (nSPS) is 22.6. The number of thiazole rings is 1. The van der Waals surface area contributed by atoms with E-state index in [-0.39, 0.29) is 11.1 Å².